The van der Waals surface area contributed by atoms with E-state index in [2.05, 4.69) is 15.0 Å². The number of carboxylic acids is 1. The lowest BCUT2D eigenvalue weighted by Gasteiger charge is -2.27. The van der Waals surface area contributed by atoms with Crippen LogP contribution >= 0.6 is 23.3 Å². The van der Waals surface area contributed by atoms with Gasteiger partial charge in [-0.1, -0.05) is 19.1 Å². The Bertz CT molecular complexity index is 1120. The minimum absolute atomic E-state index is 0.0790. The number of carbonyl (C=O) groups is 4. The molecule has 3 N–H and O–H groups in total. The quantitative estimate of drug-likeness (QED) is 0.286. The van der Waals surface area contributed by atoms with Crippen molar-refractivity contribution in [2.45, 2.75) is 38.0 Å². The molecule has 0 fully saturated rings. The van der Waals surface area contributed by atoms with Crippen molar-refractivity contribution in [3.8, 4) is 0 Å². The maximum Gasteiger partial charge on any atom is 0.305 e. The Morgan fingerprint density at radius 3 is 2.44 bits per heavy atom. The molecule has 2 heterocycles. The molecule has 0 saturated heterocycles. The summed E-state index contributed by atoms with van der Waals surface area (Å²) in [5, 5.41) is 22.1. The first kappa shape index (κ1) is 26.9. The maximum atomic E-state index is 12.7. The first-order chi connectivity index (χ1) is 16.1. The highest BCUT2D eigenvalue weighted by atomic mass is 32.2. The van der Waals surface area contributed by atoms with Crippen LogP contribution in [0.15, 0.2) is 34.9 Å². The molecule has 0 unspecified atom stereocenters. The van der Waals surface area contributed by atoms with E-state index in [1.54, 1.807) is 37.3 Å². The van der Waals surface area contributed by atoms with Gasteiger partial charge in [0.15, 0.2) is 22.4 Å². The van der Waals surface area contributed by atoms with Gasteiger partial charge < -0.3 is 19.3 Å². The van der Waals surface area contributed by atoms with Crippen LogP contribution < -0.4 is 5.32 Å². The number of carboxylic acid groups (broad SMARTS) is 1. The topological polar surface area (TPSA) is 146 Å². The van der Waals surface area contributed by atoms with Crippen LogP contribution in [0.25, 0.3) is 5.76 Å². The Morgan fingerprint density at radius 1 is 1.18 bits per heavy atom. The monoisotopic (exact) mass is 507 g/mol. The molecule has 0 spiro atoms. The largest absolute Gasteiger partial charge is 0.505 e. The van der Waals surface area contributed by atoms with E-state index in [1.807, 2.05) is 12.1 Å². The number of aliphatic carboxylic acids is 1. The highest BCUT2D eigenvalue weighted by Gasteiger charge is 2.29. The zero-order valence-electron chi connectivity index (χ0n) is 19.1. The molecule has 0 radical (unpaired) electrons. The number of aryl methyl sites for hydroxylation is 1. The SMILES string of the molecule is CCC(=O)OC.Cc1sc(NC(=O)C2=C(O)c3ccccc3SN2C)nc1C(=O)CCC(=O)O. The number of nitrogens with one attached hydrogen (secondary N) is 1. The fourth-order valence-corrected chi connectivity index (χ4v) is 4.60. The van der Waals surface area contributed by atoms with Crippen molar-refractivity contribution in [2.75, 3.05) is 19.5 Å². The van der Waals surface area contributed by atoms with E-state index in [9.17, 15) is 24.3 Å². The van der Waals surface area contributed by atoms with Crippen LogP contribution in [0.2, 0.25) is 0 Å². The number of ketones is 1. The summed E-state index contributed by atoms with van der Waals surface area (Å²) in [4.78, 5) is 51.0. The van der Waals surface area contributed by atoms with Gasteiger partial charge in [-0.15, -0.1) is 11.3 Å². The van der Waals surface area contributed by atoms with Crippen molar-refractivity contribution in [1.82, 2.24) is 9.29 Å². The van der Waals surface area contributed by atoms with Gasteiger partial charge in [-0.3, -0.25) is 24.5 Å². The molecular weight excluding hydrogens is 482 g/mol. The van der Waals surface area contributed by atoms with Crippen molar-refractivity contribution in [2.24, 2.45) is 0 Å². The summed E-state index contributed by atoms with van der Waals surface area (Å²) in [6.45, 7) is 3.43. The Kier molecular flexibility index (Phi) is 9.63. The van der Waals surface area contributed by atoms with E-state index in [4.69, 9.17) is 5.11 Å². The van der Waals surface area contributed by atoms with E-state index < -0.39 is 17.7 Å². The molecule has 2 aromatic rings. The number of Topliss-reactive ketones (excluding diaryl/α,β-unsaturated/α-hetero) is 1. The van der Waals surface area contributed by atoms with Gasteiger partial charge in [-0.2, -0.15) is 0 Å². The summed E-state index contributed by atoms with van der Waals surface area (Å²) in [7, 11) is 3.05. The lowest BCUT2D eigenvalue weighted by molar-refractivity contribution is -0.140. The summed E-state index contributed by atoms with van der Waals surface area (Å²) in [6.07, 6.45) is 0.0333. The van der Waals surface area contributed by atoms with Crippen LogP contribution in [0.1, 0.15) is 47.1 Å². The molecular formula is C22H25N3O7S2. The molecule has 3 rings (SSSR count). The standard InChI is InChI=1S/C18H17N3O5S2.C4H8O2/c1-9-14(11(22)7-8-13(23)24)19-18(27-9)20-17(26)15-16(25)10-5-3-4-6-12(10)28-21(15)2;1-3-4(5)6-2/h3-6,25H,7-8H2,1-2H3,(H,23,24)(H,19,20,26);3H2,1-2H3. The van der Waals surface area contributed by atoms with Gasteiger partial charge in [0.05, 0.1) is 13.5 Å². The molecule has 12 heteroatoms. The summed E-state index contributed by atoms with van der Waals surface area (Å²) >= 11 is 2.43. The van der Waals surface area contributed by atoms with Gasteiger partial charge in [0.1, 0.15) is 5.69 Å². The molecule has 10 nitrogen and oxygen atoms in total. The van der Waals surface area contributed by atoms with Crippen molar-refractivity contribution >= 4 is 57.8 Å². The number of carbonyl (C=O) groups excluding carboxylic acids is 3. The Morgan fingerprint density at radius 2 is 1.85 bits per heavy atom. The fourth-order valence-electron chi connectivity index (χ4n) is 2.81. The molecule has 1 amide bonds. The van der Waals surface area contributed by atoms with Crippen molar-refractivity contribution in [3.63, 3.8) is 0 Å². The second-order valence-corrected chi connectivity index (χ2v) is 9.28. The second-order valence-electron chi connectivity index (χ2n) is 6.91. The van der Waals surface area contributed by atoms with Crippen LogP contribution in [0.5, 0.6) is 0 Å². The number of esters is 1. The fraction of sp³-hybridized carbons (Fsp3) is 0.318. The van der Waals surface area contributed by atoms with Gasteiger partial charge in [0.2, 0.25) is 0 Å². The third kappa shape index (κ3) is 6.81. The van der Waals surface area contributed by atoms with Crippen LogP contribution in [0.4, 0.5) is 5.13 Å². The number of likely N-dealkylation sites (N-methyl/N-ethyl adjacent to an activating group) is 1. The summed E-state index contributed by atoms with van der Waals surface area (Å²) in [5.74, 6) is -2.30. The van der Waals surface area contributed by atoms with Crippen molar-refractivity contribution in [3.05, 3.63) is 46.1 Å². The number of fused-ring (bicyclic) bond motifs is 1. The number of thiazole rings is 1. The molecule has 1 aliphatic heterocycles. The highest BCUT2D eigenvalue weighted by molar-refractivity contribution is 7.97. The van der Waals surface area contributed by atoms with Gasteiger partial charge in [-0.25, -0.2) is 4.98 Å². The molecule has 34 heavy (non-hydrogen) atoms. The lowest BCUT2D eigenvalue weighted by Crippen LogP contribution is -2.27. The number of benzene rings is 1. The van der Waals surface area contributed by atoms with E-state index in [1.165, 1.54) is 19.1 Å². The van der Waals surface area contributed by atoms with Crippen molar-refractivity contribution < 1.29 is 34.1 Å². The number of ether oxygens (including phenoxy) is 1. The molecule has 1 aromatic carbocycles. The van der Waals surface area contributed by atoms with Gasteiger partial charge >= 0.3 is 11.9 Å². The van der Waals surface area contributed by atoms with Crippen LogP contribution in [0, 0.1) is 6.92 Å². The van der Waals surface area contributed by atoms with E-state index in [0.29, 0.717) is 16.9 Å². The Hall–Kier alpha value is -3.38. The minimum atomic E-state index is -1.06. The first-order valence-electron chi connectivity index (χ1n) is 10.1. The van der Waals surface area contributed by atoms with Crippen LogP contribution in [-0.4, -0.2) is 57.3 Å². The minimum Gasteiger partial charge on any atom is -0.505 e. The third-order valence-corrected chi connectivity index (χ3v) is 6.39. The molecule has 0 bridgehead atoms. The number of anilines is 1. The smallest absolute Gasteiger partial charge is 0.305 e. The molecule has 1 aromatic heterocycles. The number of nitrogens with zero attached hydrogens (tertiary/aromatic N) is 2. The molecule has 0 saturated carbocycles. The van der Waals surface area contributed by atoms with Gasteiger partial charge in [0, 0.05) is 35.2 Å². The number of amides is 1. The number of hydrogen-bond donors (Lipinski definition) is 3. The average molecular weight is 508 g/mol. The second kappa shape index (κ2) is 12.2. The van der Waals surface area contributed by atoms with Gasteiger partial charge in [0.25, 0.3) is 5.91 Å². The van der Waals surface area contributed by atoms with E-state index in [0.717, 1.165) is 16.2 Å². The Balaban J connectivity index is 0.000000604. The number of aliphatic hydroxyl groups is 1. The summed E-state index contributed by atoms with van der Waals surface area (Å²) in [5.41, 5.74) is 0.794. The predicted octanol–water partition coefficient (Wildman–Crippen LogP) is 3.89. The highest BCUT2D eigenvalue weighted by Crippen LogP contribution is 2.39. The average Bonchev–Trinajstić information content (AvgIpc) is 3.17. The van der Waals surface area contributed by atoms with Crippen LogP contribution in [0.3, 0.4) is 0 Å². The lowest BCUT2D eigenvalue weighted by atomic mass is 10.1. The molecule has 1 aliphatic rings. The first-order valence-corrected chi connectivity index (χ1v) is 11.7. The maximum absolute atomic E-state index is 12.7. The summed E-state index contributed by atoms with van der Waals surface area (Å²) < 4.78 is 5.82. The molecule has 0 atom stereocenters. The summed E-state index contributed by atoms with van der Waals surface area (Å²) in [6, 6.07) is 7.19. The number of aliphatic hydroxyl groups excluding tert-OH is 1. The zero-order valence-corrected chi connectivity index (χ0v) is 20.7. The number of aromatic nitrogens is 1. The van der Waals surface area contributed by atoms with E-state index >= 15 is 0 Å². The van der Waals surface area contributed by atoms with E-state index in [-0.39, 0.29) is 41.1 Å². The van der Waals surface area contributed by atoms with Gasteiger partial charge in [-0.05, 0) is 31.0 Å². The molecule has 182 valence electrons. The predicted molar refractivity (Wildman–Crippen MR) is 129 cm³/mol. The number of rotatable bonds is 7. The number of hydrogen-bond acceptors (Lipinski definition) is 10. The van der Waals surface area contributed by atoms with Crippen molar-refractivity contribution in [1.29, 1.82) is 0 Å². The number of methoxy groups -OCH3 is 1. The normalized spacial score (nSPS) is 12.3. The van der Waals surface area contributed by atoms with Crippen LogP contribution in [-0.2, 0) is 19.1 Å². The zero-order chi connectivity index (χ0) is 25.4. The Labute approximate surface area is 204 Å². The third-order valence-electron chi connectivity index (χ3n) is 4.50. The molecule has 0 aliphatic carbocycles.